The zero-order chi connectivity index (χ0) is 20.5. The van der Waals surface area contributed by atoms with Crippen molar-refractivity contribution in [1.29, 1.82) is 0 Å². The van der Waals surface area contributed by atoms with Crippen LogP contribution in [0.5, 0.6) is 0 Å². The van der Waals surface area contributed by atoms with Crippen molar-refractivity contribution in [3.63, 3.8) is 0 Å². The van der Waals surface area contributed by atoms with Gasteiger partial charge in [0.05, 0.1) is 18.0 Å². The van der Waals surface area contributed by atoms with Crippen molar-refractivity contribution in [2.75, 3.05) is 32.6 Å². The molecule has 7 nitrogen and oxygen atoms in total. The van der Waals surface area contributed by atoms with E-state index >= 15 is 0 Å². The van der Waals surface area contributed by atoms with Crippen LogP contribution in [-0.4, -0.2) is 70.1 Å². The number of nitrogens with zero attached hydrogens (tertiary/aromatic N) is 4. The Bertz CT molecular complexity index is 875. The first-order chi connectivity index (χ1) is 14.0. The van der Waals surface area contributed by atoms with Crippen LogP contribution in [0.4, 0.5) is 5.82 Å². The first kappa shape index (κ1) is 20.5. The standard InChI is InChI=1S/C21H31N5O2S/c1-13(28)26(10-11-27)16-8-9-17-18(16)19-20(22-12-23-21(19)29-17)24-14-4-6-15(7-5-14)25(2)3/h12,14-16,27H,4-11H2,1-3H3,(H,22,23,24). The number of hydrogen-bond acceptors (Lipinski definition) is 7. The fraction of sp³-hybridized carbons (Fsp3) is 0.667. The molecule has 1 atom stereocenters. The highest BCUT2D eigenvalue weighted by Crippen LogP contribution is 2.46. The van der Waals surface area contributed by atoms with Crippen molar-refractivity contribution < 1.29 is 9.90 Å². The SMILES string of the molecule is CC(=O)N(CCO)C1CCc2sc3ncnc(NC4CCC(N(C)C)CC4)c3c21. The predicted octanol–water partition coefficient (Wildman–Crippen LogP) is 2.80. The molecule has 2 aliphatic rings. The third kappa shape index (κ3) is 3.98. The van der Waals surface area contributed by atoms with Crippen LogP contribution in [0, 0.1) is 0 Å². The van der Waals surface area contributed by atoms with Crippen LogP contribution in [0.1, 0.15) is 55.5 Å². The van der Waals surface area contributed by atoms with E-state index in [9.17, 15) is 9.90 Å². The lowest BCUT2D eigenvalue weighted by atomic mass is 9.90. The van der Waals surface area contributed by atoms with Gasteiger partial charge in [-0.1, -0.05) is 0 Å². The van der Waals surface area contributed by atoms with E-state index in [0.29, 0.717) is 18.6 Å². The summed E-state index contributed by atoms with van der Waals surface area (Å²) in [6, 6.07) is 1.08. The maximum Gasteiger partial charge on any atom is 0.220 e. The summed E-state index contributed by atoms with van der Waals surface area (Å²) in [6.07, 6.45) is 8.15. The number of hydrogen-bond donors (Lipinski definition) is 2. The van der Waals surface area contributed by atoms with Crippen molar-refractivity contribution in [1.82, 2.24) is 19.8 Å². The fourth-order valence-corrected chi connectivity index (χ4v) is 6.15. The smallest absolute Gasteiger partial charge is 0.220 e. The van der Waals surface area contributed by atoms with Crippen LogP contribution >= 0.6 is 11.3 Å². The Hall–Kier alpha value is -1.77. The van der Waals surface area contributed by atoms with Gasteiger partial charge in [0, 0.05) is 36.0 Å². The minimum Gasteiger partial charge on any atom is -0.395 e. The molecule has 0 spiro atoms. The van der Waals surface area contributed by atoms with Gasteiger partial charge in [-0.25, -0.2) is 9.97 Å². The molecule has 0 aliphatic heterocycles. The highest BCUT2D eigenvalue weighted by molar-refractivity contribution is 7.19. The summed E-state index contributed by atoms with van der Waals surface area (Å²) in [7, 11) is 4.32. The topological polar surface area (TPSA) is 81.6 Å². The second-order valence-electron chi connectivity index (χ2n) is 8.45. The van der Waals surface area contributed by atoms with E-state index in [1.54, 1.807) is 29.5 Å². The molecule has 4 rings (SSSR count). The van der Waals surface area contributed by atoms with Gasteiger partial charge < -0.3 is 20.2 Å². The molecule has 2 aliphatic carbocycles. The zero-order valence-electron chi connectivity index (χ0n) is 17.5. The molecule has 29 heavy (non-hydrogen) atoms. The van der Waals surface area contributed by atoms with Crippen molar-refractivity contribution in [3.8, 4) is 0 Å². The molecule has 1 amide bonds. The van der Waals surface area contributed by atoms with Gasteiger partial charge in [0.25, 0.3) is 0 Å². The van der Waals surface area contributed by atoms with Crippen LogP contribution < -0.4 is 5.32 Å². The summed E-state index contributed by atoms with van der Waals surface area (Å²) in [6.45, 7) is 1.92. The average molecular weight is 418 g/mol. The summed E-state index contributed by atoms with van der Waals surface area (Å²) >= 11 is 1.72. The summed E-state index contributed by atoms with van der Waals surface area (Å²) in [4.78, 5) is 27.8. The van der Waals surface area contributed by atoms with E-state index in [0.717, 1.165) is 41.7 Å². The second-order valence-corrected chi connectivity index (χ2v) is 9.53. The minimum atomic E-state index is -0.0236. The van der Waals surface area contributed by atoms with E-state index in [2.05, 4.69) is 34.3 Å². The molecule has 2 N–H and O–H groups in total. The molecule has 2 heterocycles. The summed E-state index contributed by atoms with van der Waals surface area (Å²) < 4.78 is 0. The monoisotopic (exact) mass is 417 g/mol. The van der Waals surface area contributed by atoms with Gasteiger partial charge in [-0.3, -0.25) is 4.79 Å². The number of aliphatic hydroxyl groups excluding tert-OH is 1. The number of anilines is 1. The van der Waals surface area contributed by atoms with E-state index in [4.69, 9.17) is 0 Å². The number of rotatable bonds is 6. The first-order valence-corrected chi connectivity index (χ1v) is 11.4. The number of aliphatic hydroxyl groups is 1. The lowest BCUT2D eigenvalue weighted by molar-refractivity contribution is -0.131. The van der Waals surface area contributed by atoms with Crippen LogP contribution in [0.2, 0.25) is 0 Å². The number of aromatic nitrogens is 2. The molecule has 8 heteroatoms. The first-order valence-electron chi connectivity index (χ1n) is 10.6. The Labute approximate surface area is 176 Å². The maximum absolute atomic E-state index is 12.2. The Morgan fingerprint density at radius 3 is 2.66 bits per heavy atom. The van der Waals surface area contributed by atoms with Gasteiger partial charge >= 0.3 is 0 Å². The molecule has 0 radical (unpaired) electrons. The molecule has 2 aromatic rings. The zero-order valence-corrected chi connectivity index (χ0v) is 18.3. The largest absolute Gasteiger partial charge is 0.395 e. The highest BCUT2D eigenvalue weighted by Gasteiger charge is 2.35. The number of aryl methyl sites for hydroxylation is 1. The molecule has 2 aromatic heterocycles. The molecular formula is C21H31N5O2S. The van der Waals surface area contributed by atoms with Crippen LogP contribution in [0.25, 0.3) is 10.2 Å². The van der Waals surface area contributed by atoms with E-state index in [1.807, 2.05) is 0 Å². The maximum atomic E-state index is 12.2. The third-order valence-corrected chi connectivity index (χ3v) is 7.64. The highest BCUT2D eigenvalue weighted by atomic mass is 32.1. The van der Waals surface area contributed by atoms with E-state index in [1.165, 1.54) is 23.3 Å². The molecule has 1 saturated carbocycles. The Morgan fingerprint density at radius 1 is 1.24 bits per heavy atom. The van der Waals surface area contributed by atoms with Gasteiger partial charge in [-0.2, -0.15) is 0 Å². The van der Waals surface area contributed by atoms with E-state index in [-0.39, 0.29) is 18.6 Å². The van der Waals surface area contributed by atoms with Crippen LogP contribution in [-0.2, 0) is 11.2 Å². The molecule has 158 valence electrons. The second kappa shape index (κ2) is 8.53. The van der Waals surface area contributed by atoms with Crippen LogP contribution in [0.3, 0.4) is 0 Å². The number of amides is 1. The Kier molecular flexibility index (Phi) is 6.03. The summed E-state index contributed by atoms with van der Waals surface area (Å²) in [5.41, 5.74) is 1.19. The molecular weight excluding hydrogens is 386 g/mol. The fourth-order valence-electron chi connectivity index (χ4n) is 4.94. The van der Waals surface area contributed by atoms with Crippen LogP contribution in [0.15, 0.2) is 6.33 Å². The predicted molar refractivity (Wildman–Crippen MR) is 116 cm³/mol. The molecule has 0 bridgehead atoms. The third-order valence-electron chi connectivity index (χ3n) is 6.47. The van der Waals surface area contributed by atoms with Crippen molar-refractivity contribution in [2.24, 2.45) is 0 Å². The number of carbonyl (C=O) groups excluding carboxylic acids is 1. The Balaban J connectivity index is 1.63. The van der Waals surface area contributed by atoms with Gasteiger partial charge in [-0.05, 0) is 52.6 Å². The summed E-state index contributed by atoms with van der Waals surface area (Å²) in [5, 5.41) is 14.2. The van der Waals surface area contributed by atoms with Gasteiger partial charge in [0.15, 0.2) is 0 Å². The number of carbonyl (C=O) groups is 1. The quantitative estimate of drug-likeness (QED) is 0.752. The number of nitrogens with one attached hydrogen (secondary N) is 1. The van der Waals surface area contributed by atoms with Gasteiger partial charge in [0.2, 0.25) is 5.91 Å². The van der Waals surface area contributed by atoms with Gasteiger partial charge in [-0.15, -0.1) is 11.3 Å². The molecule has 1 fully saturated rings. The average Bonchev–Trinajstić information content (AvgIpc) is 3.26. The van der Waals surface area contributed by atoms with Crippen molar-refractivity contribution in [2.45, 2.75) is 63.6 Å². The lowest BCUT2D eigenvalue weighted by Crippen LogP contribution is -2.36. The normalized spacial score (nSPS) is 24.1. The molecule has 0 aromatic carbocycles. The van der Waals surface area contributed by atoms with Crippen molar-refractivity contribution in [3.05, 3.63) is 16.8 Å². The number of thiophene rings is 1. The van der Waals surface area contributed by atoms with E-state index < -0.39 is 0 Å². The minimum absolute atomic E-state index is 0.000530. The Morgan fingerprint density at radius 2 is 2.00 bits per heavy atom. The molecule has 0 saturated heterocycles. The lowest BCUT2D eigenvalue weighted by Gasteiger charge is -2.33. The summed E-state index contributed by atoms with van der Waals surface area (Å²) in [5.74, 6) is 0.907. The molecule has 1 unspecified atom stereocenters. The van der Waals surface area contributed by atoms with Crippen molar-refractivity contribution >= 4 is 33.3 Å². The van der Waals surface area contributed by atoms with Gasteiger partial charge in [0.1, 0.15) is 17.0 Å². The number of fused-ring (bicyclic) bond motifs is 3.